The van der Waals surface area contributed by atoms with Gasteiger partial charge in [0.15, 0.2) is 6.67 Å². The molecule has 334 valence electrons. The van der Waals surface area contributed by atoms with Gasteiger partial charge < -0.3 is 18.7 Å². The summed E-state index contributed by atoms with van der Waals surface area (Å²) in [5, 5.41) is 0. The number of rotatable bonds is 47. The SMILES string of the molecule is CCCCCCCCCCCCOCCC[N+](CCCOCCCCCCCCCCCC)(CCCOCCCCCCCCCCCC)CN1CCCC1=O. The number of amides is 1. The number of nitrogens with zero attached hydrogens (tertiary/aromatic N) is 2. The Hall–Kier alpha value is -0.690. The minimum absolute atomic E-state index is 0.346. The lowest BCUT2D eigenvalue weighted by Crippen LogP contribution is -2.56. The molecule has 0 radical (unpaired) electrons. The number of ether oxygens (including phenoxy) is 3. The second-order valence-corrected chi connectivity index (χ2v) is 17.9. The van der Waals surface area contributed by atoms with E-state index in [1.54, 1.807) is 0 Å². The molecule has 6 heteroatoms. The molecule has 0 aromatic heterocycles. The first-order valence-electron chi connectivity index (χ1n) is 25.5. The molecule has 56 heavy (non-hydrogen) atoms. The number of unbranched alkanes of at least 4 members (excludes halogenated alkanes) is 27. The zero-order valence-corrected chi connectivity index (χ0v) is 38.6. The first kappa shape index (κ1) is 53.3. The van der Waals surface area contributed by atoms with Gasteiger partial charge in [0.1, 0.15) is 0 Å². The average Bonchev–Trinajstić information content (AvgIpc) is 3.61. The molecule has 0 aromatic rings. The van der Waals surface area contributed by atoms with Crippen LogP contribution >= 0.6 is 0 Å². The van der Waals surface area contributed by atoms with E-state index in [9.17, 15) is 4.79 Å². The molecular formula is C50H101N2O4+. The van der Waals surface area contributed by atoms with E-state index in [2.05, 4.69) is 25.7 Å². The lowest BCUT2D eigenvalue weighted by atomic mass is 10.1. The van der Waals surface area contributed by atoms with Gasteiger partial charge >= 0.3 is 0 Å². The summed E-state index contributed by atoms with van der Waals surface area (Å²) in [6.45, 7) is 17.0. The zero-order chi connectivity index (χ0) is 40.3. The summed E-state index contributed by atoms with van der Waals surface area (Å²) in [6.07, 6.45) is 45.7. The molecule has 0 unspecified atom stereocenters. The van der Waals surface area contributed by atoms with Crippen LogP contribution in [0.15, 0.2) is 0 Å². The van der Waals surface area contributed by atoms with E-state index < -0.39 is 0 Å². The molecule has 0 atom stereocenters. The van der Waals surface area contributed by atoms with E-state index in [-0.39, 0.29) is 0 Å². The van der Waals surface area contributed by atoms with E-state index in [4.69, 9.17) is 14.2 Å². The standard InChI is InChI=1S/C50H101N2O4/c1-4-7-10-13-16-19-22-25-28-31-43-54-46-35-40-52(49-51-39-34-38-50(51)53,41-36-47-55-44-32-29-26-23-20-17-14-11-8-5-2)42-37-48-56-45-33-30-27-24-21-18-15-12-9-6-3/h4-49H2,1-3H3/q+1. The molecule has 0 spiro atoms. The van der Waals surface area contributed by atoms with Crippen molar-refractivity contribution in [3.05, 3.63) is 0 Å². The molecular weight excluding hydrogens is 693 g/mol. The molecule has 1 rings (SSSR count). The lowest BCUT2D eigenvalue weighted by Gasteiger charge is -2.41. The van der Waals surface area contributed by atoms with Crippen LogP contribution in [0.4, 0.5) is 0 Å². The molecule has 1 aliphatic heterocycles. The molecule has 0 aromatic carbocycles. The van der Waals surface area contributed by atoms with Gasteiger partial charge in [-0.1, -0.05) is 194 Å². The van der Waals surface area contributed by atoms with Crippen LogP contribution in [0.3, 0.4) is 0 Å². The first-order valence-corrected chi connectivity index (χ1v) is 25.5. The fourth-order valence-corrected chi connectivity index (χ4v) is 8.65. The lowest BCUT2D eigenvalue weighted by molar-refractivity contribution is -0.936. The van der Waals surface area contributed by atoms with Crippen molar-refractivity contribution in [1.82, 2.24) is 4.90 Å². The zero-order valence-electron chi connectivity index (χ0n) is 38.6. The van der Waals surface area contributed by atoms with Gasteiger partial charge in [-0.05, 0) is 25.7 Å². The van der Waals surface area contributed by atoms with Crippen molar-refractivity contribution in [2.45, 2.75) is 245 Å². The Kier molecular flexibility index (Phi) is 40.4. The van der Waals surface area contributed by atoms with E-state index in [1.165, 1.54) is 193 Å². The molecule has 1 fully saturated rings. The first-order chi connectivity index (χ1) is 27.7. The van der Waals surface area contributed by atoms with Gasteiger partial charge in [0.05, 0.1) is 39.5 Å². The molecule has 0 aliphatic carbocycles. The third-order valence-corrected chi connectivity index (χ3v) is 12.3. The van der Waals surface area contributed by atoms with Gasteiger partial charge in [0, 0.05) is 52.0 Å². The topological polar surface area (TPSA) is 48.0 Å². The average molecular weight is 794 g/mol. The van der Waals surface area contributed by atoms with Crippen LogP contribution in [0.25, 0.3) is 0 Å². The Morgan fingerprint density at radius 2 is 0.661 bits per heavy atom. The summed E-state index contributed by atoms with van der Waals surface area (Å²) in [7, 11) is 0. The van der Waals surface area contributed by atoms with Crippen LogP contribution in [0, 0.1) is 0 Å². The molecule has 1 amide bonds. The Labute approximate surface area is 351 Å². The second kappa shape index (κ2) is 42.4. The van der Waals surface area contributed by atoms with Gasteiger partial charge in [-0.3, -0.25) is 9.69 Å². The molecule has 0 saturated carbocycles. The van der Waals surface area contributed by atoms with Gasteiger partial charge in [0.2, 0.25) is 5.91 Å². The van der Waals surface area contributed by atoms with Crippen molar-refractivity contribution in [3.8, 4) is 0 Å². The van der Waals surface area contributed by atoms with Crippen LogP contribution in [0.5, 0.6) is 0 Å². The van der Waals surface area contributed by atoms with Crippen molar-refractivity contribution in [1.29, 1.82) is 0 Å². The normalized spacial score (nSPS) is 13.5. The minimum atomic E-state index is 0.346. The Bertz CT molecular complexity index is 716. The van der Waals surface area contributed by atoms with Crippen molar-refractivity contribution in [2.75, 3.05) is 72.5 Å². The maximum absolute atomic E-state index is 12.9. The minimum Gasteiger partial charge on any atom is -0.381 e. The number of carbonyl (C=O) groups is 1. The summed E-state index contributed by atoms with van der Waals surface area (Å²) in [6, 6.07) is 0. The summed E-state index contributed by atoms with van der Waals surface area (Å²) in [5.74, 6) is 0.346. The molecule has 0 N–H and O–H groups in total. The highest BCUT2D eigenvalue weighted by Crippen LogP contribution is 2.20. The van der Waals surface area contributed by atoms with Crippen molar-refractivity contribution in [2.24, 2.45) is 0 Å². The maximum Gasteiger partial charge on any atom is 0.226 e. The molecule has 6 nitrogen and oxygen atoms in total. The summed E-state index contributed by atoms with van der Waals surface area (Å²) in [4.78, 5) is 15.1. The Morgan fingerprint density at radius 3 is 0.929 bits per heavy atom. The maximum atomic E-state index is 12.9. The Balaban J connectivity index is 2.47. The van der Waals surface area contributed by atoms with Gasteiger partial charge in [-0.2, -0.15) is 0 Å². The fourth-order valence-electron chi connectivity index (χ4n) is 8.65. The number of hydrogen-bond donors (Lipinski definition) is 0. The van der Waals surface area contributed by atoms with Crippen molar-refractivity contribution < 1.29 is 23.5 Å². The fraction of sp³-hybridized carbons (Fsp3) is 0.980. The van der Waals surface area contributed by atoms with E-state index in [0.717, 1.165) is 103 Å². The van der Waals surface area contributed by atoms with Crippen LogP contribution in [0.2, 0.25) is 0 Å². The highest BCUT2D eigenvalue weighted by atomic mass is 16.5. The predicted molar refractivity (Wildman–Crippen MR) is 243 cm³/mol. The molecule has 0 bridgehead atoms. The highest BCUT2D eigenvalue weighted by Gasteiger charge is 2.33. The monoisotopic (exact) mass is 794 g/mol. The van der Waals surface area contributed by atoms with Crippen LogP contribution < -0.4 is 0 Å². The summed E-state index contributed by atoms with van der Waals surface area (Å²) >= 11 is 0. The number of quaternary nitrogens is 1. The summed E-state index contributed by atoms with van der Waals surface area (Å²) < 4.78 is 19.6. The smallest absolute Gasteiger partial charge is 0.226 e. The summed E-state index contributed by atoms with van der Waals surface area (Å²) in [5.41, 5.74) is 0. The molecule has 1 heterocycles. The largest absolute Gasteiger partial charge is 0.381 e. The predicted octanol–water partition coefficient (Wildman–Crippen LogP) is 14.4. The third-order valence-electron chi connectivity index (χ3n) is 12.3. The van der Waals surface area contributed by atoms with Gasteiger partial charge in [0.25, 0.3) is 0 Å². The second-order valence-electron chi connectivity index (χ2n) is 17.9. The van der Waals surface area contributed by atoms with E-state index in [0.29, 0.717) is 12.3 Å². The Morgan fingerprint density at radius 1 is 0.393 bits per heavy atom. The molecule has 1 saturated heterocycles. The van der Waals surface area contributed by atoms with E-state index in [1.807, 2.05) is 0 Å². The number of hydrogen-bond acceptors (Lipinski definition) is 4. The quantitative estimate of drug-likeness (QED) is 0.0455. The molecule has 1 aliphatic rings. The van der Waals surface area contributed by atoms with Crippen LogP contribution in [-0.2, 0) is 19.0 Å². The third kappa shape index (κ3) is 34.2. The highest BCUT2D eigenvalue weighted by molar-refractivity contribution is 5.77. The van der Waals surface area contributed by atoms with Gasteiger partial charge in [-0.25, -0.2) is 0 Å². The number of carbonyl (C=O) groups excluding carboxylic acids is 1. The van der Waals surface area contributed by atoms with Crippen LogP contribution in [0.1, 0.15) is 245 Å². The van der Waals surface area contributed by atoms with Crippen molar-refractivity contribution >= 4 is 5.91 Å². The van der Waals surface area contributed by atoms with E-state index >= 15 is 0 Å². The van der Waals surface area contributed by atoms with Gasteiger partial charge in [-0.15, -0.1) is 0 Å². The van der Waals surface area contributed by atoms with Crippen molar-refractivity contribution in [3.63, 3.8) is 0 Å². The van der Waals surface area contributed by atoms with Crippen LogP contribution in [-0.4, -0.2) is 87.8 Å². The number of likely N-dealkylation sites (tertiary alicyclic amines) is 1.